The van der Waals surface area contributed by atoms with E-state index in [1.54, 1.807) is 54.5 Å². The number of nitrogens with one attached hydrogen (secondary N) is 1. The summed E-state index contributed by atoms with van der Waals surface area (Å²) in [6.45, 7) is 0.711. The van der Waals surface area contributed by atoms with Gasteiger partial charge in [-0.05, 0) is 48.9 Å². The van der Waals surface area contributed by atoms with Crippen LogP contribution in [0.15, 0.2) is 48.5 Å². The van der Waals surface area contributed by atoms with Crippen LogP contribution in [0.25, 0.3) is 0 Å². The van der Waals surface area contributed by atoms with E-state index in [1.807, 2.05) is 6.07 Å². The highest BCUT2D eigenvalue weighted by Crippen LogP contribution is 2.23. The van der Waals surface area contributed by atoms with Crippen molar-refractivity contribution < 1.29 is 14.3 Å². The Bertz CT molecular complexity index is 725. The Morgan fingerprint density at radius 2 is 1.96 bits per heavy atom. The van der Waals surface area contributed by atoms with Gasteiger partial charge >= 0.3 is 0 Å². The van der Waals surface area contributed by atoms with Gasteiger partial charge < -0.3 is 15.0 Å². The molecule has 0 unspecified atom stereocenters. The van der Waals surface area contributed by atoms with Crippen LogP contribution in [0.2, 0.25) is 0 Å². The van der Waals surface area contributed by atoms with Crippen LogP contribution in [0.3, 0.4) is 0 Å². The summed E-state index contributed by atoms with van der Waals surface area (Å²) in [5.74, 6) is 0.638. The number of methoxy groups -OCH3 is 1. The maximum absolute atomic E-state index is 12.4. The molecule has 0 saturated carbocycles. The van der Waals surface area contributed by atoms with E-state index in [9.17, 15) is 9.59 Å². The summed E-state index contributed by atoms with van der Waals surface area (Å²) in [4.78, 5) is 25.9. The predicted molar refractivity (Wildman–Crippen MR) is 89.0 cm³/mol. The average molecular weight is 310 g/mol. The summed E-state index contributed by atoms with van der Waals surface area (Å²) in [5, 5.41) is 2.84. The summed E-state index contributed by atoms with van der Waals surface area (Å²) < 4.78 is 5.09. The van der Waals surface area contributed by atoms with Crippen LogP contribution < -0.4 is 15.0 Å². The van der Waals surface area contributed by atoms with Crippen molar-refractivity contribution in [3.63, 3.8) is 0 Å². The summed E-state index contributed by atoms with van der Waals surface area (Å²) in [6, 6.07) is 14.3. The smallest absolute Gasteiger partial charge is 0.255 e. The Kier molecular flexibility index (Phi) is 4.28. The average Bonchev–Trinajstić information content (AvgIpc) is 3.02. The number of hydrogen-bond acceptors (Lipinski definition) is 3. The van der Waals surface area contributed by atoms with Gasteiger partial charge in [-0.15, -0.1) is 0 Å². The summed E-state index contributed by atoms with van der Waals surface area (Å²) in [5.41, 5.74) is 1.99. The number of ether oxygens (including phenoxy) is 1. The molecule has 0 radical (unpaired) electrons. The molecule has 0 atom stereocenters. The molecule has 0 bridgehead atoms. The fourth-order valence-corrected chi connectivity index (χ4v) is 2.61. The van der Waals surface area contributed by atoms with E-state index in [0.717, 1.165) is 17.9 Å². The molecule has 118 valence electrons. The van der Waals surface area contributed by atoms with E-state index in [2.05, 4.69) is 5.32 Å². The van der Waals surface area contributed by atoms with Gasteiger partial charge in [-0.1, -0.05) is 6.07 Å². The number of rotatable bonds is 4. The van der Waals surface area contributed by atoms with Gasteiger partial charge in [0.2, 0.25) is 5.91 Å². The topological polar surface area (TPSA) is 58.6 Å². The Balaban J connectivity index is 1.75. The lowest BCUT2D eigenvalue weighted by molar-refractivity contribution is -0.117. The van der Waals surface area contributed by atoms with Crippen molar-refractivity contribution in [1.29, 1.82) is 0 Å². The van der Waals surface area contributed by atoms with E-state index >= 15 is 0 Å². The molecule has 5 heteroatoms. The number of anilines is 2. The van der Waals surface area contributed by atoms with Gasteiger partial charge in [-0.25, -0.2) is 0 Å². The molecule has 3 rings (SSSR count). The highest BCUT2D eigenvalue weighted by molar-refractivity contribution is 6.05. The quantitative estimate of drug-likeness (QED) is 0.944. The molecular weight excluding hydrogens is 292 g/mol. The summed E-state index contributed by atoms with van der Waals surface area (Å²) in [6.07, 6.45) is 1.43. The van der Waals surface area contributed by atoms with Crippen LogP contribution in [0.4, 0.5) is 11.4 Å². The molecule has 5 nitrogen and oxygen atoms in total. The van der Waals surface area contributed by atoms with E-state index in [0.29, 0.717) is 24.2 Å². The fraction of sp³-hybridized carbons (Fsp3) is 0.222. The van der Waals surface area contributed by atoms with Gasteiger partial charge in [0, 0.05) is 29.9 Å². The molecule has 0 aliphatic carbocycles. The van der Waals surface area contributed by atoms with E-state index in [1.165, 1.54) is 0 Å². The van der Waals surface area contributed by atoms with Gasteiger partial charge in [0.1, 0.15) is 5.75 Å². The van der Waals surface area contributed by atoms with Crippen molar-refractivity contribution in [2.24, 2.45) is 0 Å². The van der Waals surface area contributed by atoms with E-state index in [4.69, 9.17) is 4.74 Å². The van der Waals surface area contributed by atoms with Crippen LogP contribution in [0, 0.1) is 0 Å². The monoisotopic (exact) mass is 310 g/mol. The molecule has 2 aromatic carbocycles. The number of nitrogens with zero attached hydrogens (tertiary/aromatic N) is 1. The first-order valence-electron chi connectivity index (χ1n) is 7.53. The highest BCUT2D eigenvalue weighted by Gasteiger charge is 2.22. The van der Waals surface area contributed by atoms with Gasteiger partial charge in [0.25, 0.3) is 5.91 Å². The molecule has 1 aliphatic heterocycles. The highest BCUT2D eigenvalue weighted by atomic mass is 16.5. The normalized spacial score (nSPS) is 14.0. The first-order valence-corrected chi connectivity index (χ1v) is 7.53. The second-order valence-corrected chi connectivity index (χ2v) is 5.38. The van der Waals surface area contributed by atoms with Crippen LogP contribution in [-0.4, -0.2) is 25.5 Å². The van der Waals surface area contributed by atoms with Crippen LogP contribution in [-0.2, 0) is 4.79 Å². The summed E-state index contributed by atoms with van der Waals surface area (Å²) >= 11 is 0. The summed E-state index contributed by atoms with van der Waals surface area (Å²) in [7, 11) is 1.60. The largest absolute Gasteiger partial charge is 0.497 e. The van der Waals surface area contributed by atoms with Gasteiger partial charge in [-0.2, -0.15) is 0 Å². The Morgan fingerprint density at radius 3 is 2.61 bits per heavy atom. The third-order valence-corrected chi connectivity index (χ3v) is 3.84. The zero-order valence-corrected chi connectivity index (χ0v) is 12.9. The molecule has 0 spiro atoms. The molecule has 2 aromatic rings. The van der Waals surface area contributed by atoms with Gasteiger partial charge in [-0.3, -0.25) is 9.59 Å². The lowest BCUT2D eigenvalue weighted by Crippen LogP contribution is -2.24. The first kappa shape index (κ1) is 15.1. The zero-order chi connectivity index (χ0) is 16.2. The maximum atomic E-state index is 12.4. The number of hydrogen-bond donors (Lipinski definition) is 1. The number of carbonyl (C=O) groups is 2. The lowest BCUT2D eigenvalue weighted by atomic mass is 10.1. The molecule has 1 heterocycles. The number of carbonyl (C=O) groups excluding carboxylic acids is 2. The molecule has 1 saturated heterocycles. The van der Waals surface area contributed by atoms with Gasteiger partial charge in [0.05, 0.1) is 7.11 Å². The minimum absolute atomic E-state index is 0.109. The molecule has 2 amide bonds. The molecular formula is C18H18N2O3. The number of benzene rings is 2. The van der Waals surface area contributed by atoms with Gasteiger partial charge in [0.15, 0.2) is 0 Å². The minimum atomic E-state index is -0.205. The van der Waals surface area contributed by atoms with E-state index in [-0.39, 0.29) is 11.8 Å². The lowest BCUT2D eigenvalue weighted by Gasteiger charge is -2.16. The van der Waals surface area contributed by atoms with Crippen LogP contribution in [0.5, 0.6) is 5.75 Å². The fourth-order valence-electron chi connectivity index (χ4n) is 2.61. The standard InChI is InChI=1S/C18H18N2O3/c1-23-16-9-7-14(8-10-16)19-18(22)13-4-2-5-15(12-13)20-11-3-6-17(20)21/h2,4-5,7-10,12H,3,6,11H2,1H3,(H,19,22). The van der Waals surface area contributed by atoms with Crippen molar-refractivity contribution in [2.45, 2.75) is 12.8 Å². The zero-order valence-electron chi connectivity index (χ0n) is 12.9. The molecule has 1 N–H and O–H groups in total. The SMILES string of the molecule is COc1ccc(NC(=O)c2cccc(N3CCCC3=O)c2)cc1. The van der Waals surface area contributed by atoms with Crippen LogP contribution in [0.1, 0.15) is 23.2 Å². The van der Waals surface area contributed by atoms with Crippen molar-refractivity contribution in [1.82, 2.24) is 0 Å². The third-order valence-electron chi connectivity index (χ3n) is 3.84. The minimum Gasteiger partial charge on any atom is -0.497 e. The van der Waals surface area contributed by atoms with Crippen molar-refractivity contribution >= 4 is 23.2 Å². The van der Waals surface area contributed by atoms with Crippen LogP contribution >= 0.6 is 0 Å². The Labute approximate surface area is 134 Å². The first-order chi connectivity index (χ1) is 11.2. The Hall–Kier alpha value is -2.82. The van der Waals surface area contributed by atoms with E-state index < -0.39 is 0 Å². The Morgan fingerprint density at radius 1 is 1.17 bits per heavy atom. The third kappa shape index (κ3) is 3.34. The maximum Gasteiger partial charge on any atom is 0.255 e. The number of amides is 2. The molecule has 1 fully saturated rings. The van der Waals surface area contributed by atoms with Crippen molar-refractivity contribution in [2.75, 3.05) is 23.9 Å². The molecule has 0 aromatic heterocycles. The van der Waals surface area contributed by atoms with Crippen molar-refractivity contribution in [3.05, 3.63) is 54.1 Å². The predicted octanol–water partition coefficient (Wildman–Crippen LogP) is 3.07. The van der Waals surface area contributed by atoms with Crippen molar-refractivity contribution in [3.8, 4) is 5.75 Å². The second kappa shape index (κ2) is 6.52. The molecule has 23 heavy (non-hydrogen) atoms. The molecule has 1 aliphatic rings. The second-order valence-electron chi connectivity index (χ2n) is 5.38.